The number of hydrogen-bond donors (Lipinski definition) is 2. The molecule has 0 aromatic rings. The Labute approximate surface area is 111 Å². The van der Waals surface area contributed by atoms with Gasteiger partial charge in [0.15, 0.2) is 0 Å². The van der Waals surface area contributed by atoms with Crippen molar-refractivity contribution in [2.75, 3.05) is 52.9 Å². The third-order valence-corrected chi connectivity index (χ3v) is 3.58. The maximum absolute atomic E-state index is 11.2. The van der Waals surface area contributed by atoms with Crippen molar-refractivity contribution in [1.29, 1.82) is 0 Å². The van der Waals surface area contributed by atoms with E-state index in [1.165, 1.54) is 19.4 Å². The SMILES string of the molecule is CNC(=O)CCN1CCN(CCCCCN)CC1. The molecule has 0 bridgehead atoms. The van der Waals surface area contributed by atoms with E-state index < -0.39 is 0 Å². The maximum atomic E-state index is 11.2. The van der Waals surface area contributed by atoms with Crippen molar-refractivity contribution in [2.45, 2.75) is 25.7 Å². The molecule has 0 spiro atoms. The highest BCUT2D eigenvalue weighted by Gasteiger charge is 2.16. The number of amides is 1. The number of carbonyl (C=O) groups is 1. The van der Waals surface area contributed by atoms with E-state index in [0.29, 0.717) is 6.42 Å². The lowest BCUT2D eigenvalue weighted by molar-refractivity contribution is -0.121. The van der Waals surface area contributed by atoms with Gasteiger partial charge < -0.3 is 20.9 Å². The molecular formula is C13H28N4O. The summed E-state index contributed by atoms with van der Waals surface area (Å²) in [6.07, 6.45) is 4.27. The van der Waals surface area contributed by atoms with Gasteiger partial charge in [-0.05, 0) is 25.9 Å². The Morgan fingerprint density at radius 3 is 2.22 bits per heavy atom. The molecule has 0 aromatic heterocycles. The molecule has 3 N–H and O–H groups in total. The molecule has 1 aliphatic heterocycles. The molecule has 0 atom stereocenters. The Balaban J connectivity index is 2.03. The molecular weight excluding hydrogens is 228 g/mol. The summed E-state index contributed by atoms with van der Waals surface area (Å²) < 4.78 is 0. The van der Waals surface area contributed by atoms with Crippen LogP contribution in [0.4, 0.5) is 0 Å². The van der Waals surface area contributed by atoms with Gasteiger partial charge in [-0.3, -0.25) is 4.79 Å². The van der Waals surface area contributed by atoms with Crippen molar-refractivity contribution in [3.8, 4) is 0 Å². The molecule has 0 radical (unpaired) electrons. The first-order valence-electron chi connectivity index (χ1n) is 7.11. The minimum Gasteiger partial charge on any atom is -0.359 e. The van der Waals surface area contributed by atoms with Crippen molar-refractivity contribution in [2.24, 2.45) is 5.73 Å². The van der Waals surface area contributed by atoms with Gasteiger partial charge in [-0.2, -0.15) is 0 Å². The van der Waals surface area contributed by atoms with E-state index in [9.17, 15) is 4.79 Å². The van der Waals surface area contributed by atoms with E-state index >= 15 is 0 Å². The smallest absolute Gasteiger partial charge is 0.221 e. The number of hydrogen-bond acceptors (Lipinski definition) is 4. The van der Waals surface area contributed by atoms with Crippen molar-refractivity contribution in [1.82, 2.24) is 15.1 Å². The second kappa shape index (κ2) is 9.30. The molecule has 1 fully saturated rings. The molecule has 0 unspecified atom stereocenters. The normalized spacial score (nSPS) is 17.9. The van der Waals surface area contributed by atoms with Crippen molar-refractivity contribution in [3.05, 3.63) is 0 Å². The molecule has 5 nitrogen and oxygen atoms in total. The topological polar surface area (TPSA) is 61.6 Å². The van der Waals surface area contributed by atoms with E-state index in [4.69, 9.17) is 5.73 Å². The summed E-state index contributed by atoms with van der Waals surface area (Å²) in [7, 11) is 1.70. The van der Waals surface area contributed by atoms with Crippen LogP contribution in [0.15, 0.2) is 0 Å². The molecule has 5 heteroatoms. The molecule has 18 heavy (non-hydrogen) atoms. The van der Waals surface area contributed by atoms with Gasteiger partial charge in [-0.25, -0.2) is 0 Å². The summed E-state index contributed by atoms with van der Waals surface area (Å²) >= 11 is 0. The summed E-state index contributed by atoms with van der Waals surface area (Å²) in [5, 5.41) is 2.67. The lowest BCUT2D eigenvalue weighted by Crippen LogP contribution is -2.47. The second-order valence-electron chi connectivity index (χ2n) is 4.96. The van der Waals surface area contributed by atoms with Crippen LogP contribution in [0.1, 0.15) is 25.7 Å². The van der Waals surface area contributed by atoms with E-state index in [2.05, 4.69) is 15.1 Å². The quantitative estimate of drug-likeness (QED) is 0.594. The average molecular weight is 256 g/mol. The van der Waals surface area contributed by atoms with Gasteiger partial charge in [0.2, 0.25) is 5.91 Å². The van der Waals surface area contributed by atoms with E-state index in [1.54, 1.807) is 7.05 Å². The third kappa shape index (κ3) is 6.33. The number of carbonyl (C=O) groups excluding carboxylic acids is 1. The average Bonchev–Trinajstić information content (AvgIpc) is 2.42. The van der Waals surface area contributed by atoms with Crippen molar-refractivity contribution >= 4 is 5.91 Å². The molecule has 1 amide bonds. The van der Waals surface area contributed by atoms with Crippen molar-refractivity contribution < 1.29 is 4.79 Å². The Morgan fingerprint density at radius 1 is 1.06 bits per heavy atom. The second-order valence-corrected chi connectivity index (χ2v) is 4.96. The molecule has 1 rings (SSSR count). The van der Waals surface area contributed by atoms with Crippen LogP contribution < -0.4 is 11.1 Å². The molecule has 1 aliphatic rings. The first-order valence-corrected chi connectivity index (χ1v) is 7.11. The summed E-state index contributed by atoms with van der Waals surface area (Å²) in [4.78, 5) is 16.1. The lowest BCUT2D eigenvalue weighted by atomic mass is 10.2. The predicted molar refractivity (Wildman–Crippen MR) is 74.5 cm³/mol. The lowest BCUT2D eigenvalue weighted by Gasteiger charge is -2.34. The number of unbranched alkanes of at least 4 members (excludes halogenated alkanes) is 2. The van der Waals surface area contributed by atoms with Gasteiger partial charge in [0.1, 0.15) is 0 Å². The van der Waals surface area contributed by atoms with Crippen LogP contribution in [-0.2, 0) is 4.79 Å². The monoisotopic (exact) mass is 256 g/mol. The predicted octanol–water partition coefficient (Wildman–Crippen LogP) is -0.131. The highest BCUT2D eigenvalue weighted by atomic mass is 16.1. The summed E-state index contributed by atoms with van der Waals surface area (Å²) in [6, 6.07) is 0. The zero-order valence-electron chi connectivity index (χ0n) is 11.7. The van der Waals surface area contributed by atoms with Gasteiger partial charge in [-0.15, -0.1) is 0 Å². The van der Waals surface area contributed by atoms with Crippen LogP contribution in [0.3, 0.4) is 0 Å². The first-order chi connectivity index (χ1) is 8.76. The zero-order valence-corrected chi connectivity index (χ0v) is 11.7. The molecule has 0 aromatic carbocycles. The Bertz CT molecular complexity index is 227. The first kappa shape index (κ1) is 15.4. The highest BCUT2D eigenvalue weighted by Crippen LogP contribution is 2.05. The van der Waals surface area contributed by atoms with Gasteiger partial charge in [0.05, 0.1) is 0 Å². The van der Waals surface area contributed by atoms with E-state index in [1.807, 2.05) is 0 Å². The molecule has 1 heterocycles. The van der Waals surface area contributed by atoms with Crippen LogP contribution in [0.5, 0.6) is 0 Å². The van der Waals surface area contributed by atoms with Gasteiger partial charge in [0, 0.05) is 46.2 Å². The fourth-order valence-electron chi connectivity index (χ4n) is 2.28. The minimum absolute atomic E-state index is 0.138. The van der Waals surface area contributed by atoms with Crippen LogP contribution in [0.2, 0.25) is 0 Å². The number of nitrogens with two attached hydrogens (primary N) is 1. The number of piperazine rings is 1. The maximum Gasteiger partial charge on any atom is 0.221 e. The van der Waals surface area contributed by atoms with Crippen LogP contribution in [0.25, 0.3) is 0 Å². The van der Waals surface area contributed by atoms with Crippen LogP contribution in [-0.4, -0.2) is 68.6 Å². The molecule has 0 saturated carbocycles. The van der Waals surface area contributed by atoms with Crippen LogP contribution >= 0.6 is 0 Å². The standard InChI is InChI=1S/C13H28N4O/c1-15-13(18)5-8-17-11-9-16(10-12-17)7-4-2-3-6-14/h2-12,14H2,1H3,(H,15,18). The Kier molecular flexibility index (Phi) is 7.96. The number of nitrogens with one attached hydrogen (secondary N) is 1. The van der Waals surface area contributed by atoms with E-state index in [0.717, 1.165) is 45.7 Å². The van der Waals surface area contributed by atoms with Gasteiger partial charge in [0.25, 0.3) is 0 Å². The Morgan fingerprint density at radius 2 is 1.67 bits per heavy atom. The van der Waals surface area contributed by atoms with Crippen LogP contribution in [0, 0.1) is 0 Å². The van der Waals surface area contributed by atoms with Gasteiger partial charge in [-0.1, -0.05) is 6.42 Å². The zero-order chi connectivity index (χ0) is 13.2. The van der Waals surface area contributed by atoms with E-state index in [-0.39, 0.29) is 5.91 Å². The summed E-state index contributed by atoms with van der Waals surface area (Å²) in [5.74, 6) is 0.138. The third-order valence-electron chi connectivity index (χ3n) is 3.58. The fraction of sp³-hybridized carbons (Fsp3) is 0.923. The van der Waals surface area contributed by atoms with Crippen molar-refractivity contribution in [3.63, 3.8) is 0 Å². The number of nitrogens with zero attached hydrogens (tertiary/aromatic N) is 2. The molecule has 106 valence electrons. The Hall–Kier alpha value is -0.650. The molecule has 0 aliphatic carbocycles. The summed E-state index contributed by atoms with van der Waals surface area (Å²) in [6.45, 7) is 7.35. The van der Waals surface area contributed by atoms with Gasteiger partial charge >= 0.3 is 0 Å². The number of rotatable bonds is 8. The summed E-state index contributed by atoms with van der Waals surface area (Å²) in [5.41, 5.74) is 5.48. The minimum atomic E-state index is 0.138. The highest BCUT2D eigenvalue weighted by molar-refractivity contribution is 5.75. The fourth-order valence-corrected chi connectivity index (χ4v) is 2.28. The largest absolute Gasteiger partial charge is 0.359 e. The molecule has 1 saturated heterocycles.